The van der Waals surface area contributed by atoms with Crippen molar-refractivity contribution in [1.29, 1.82) is 0 Å². The fraction of sp³-hybridized carbons (Fsp3) is 0.389. The molecule has 0 unspecified atom stereocenters. The van der Waals surface area contributed by atoms with Crippen LogP contribution in [0.2, 0.25) is 0 Å². The summed E-state index contributed by atoms with van der Waals surface area (Å²) in [5.74, 6) is 3.37. The smallest absolute Gasteiger partial charge is 0.224 e. The van der Waals surface area contributed by atoms with Gasteiger partial charge in [0.2, 0.25) is 5.95 Å². The molecule has 1 aromatic heterocycles. The number of nitrogens with zero attached hydrogens (tertiary/aromatic N) is 4. The van der Waals surface area contributed by atoms with Crippen molar-refractivity contribution in [3.05, 3.63) is 108 Å². The van der Waals surface area contributed by atoms with Gasteiger partial charge in [-0.15, -0.1) is 0 Å². The first kappa shape index (κ1) is 29.0. The van der Waals surface area contributed by atoms with Crippen molar-refractivity contribution in [2.45, 2.75) is 64.3 Å². The van der Waals surface area contributed by atoms with Crippen LogP contribution in [0.5, 0.6) is 11.5 Å². The van der Waals surface area contributed by atoms with Gasteiger partial charge in [-0.1, -0.05) is 79.6 Å². The van der Waals surface area contributed by atoms with E-state index >= 15 is 0 Å². The van der Waals surface area contributed by atoms with Crippen LogP contribution in [-0.4, -0.2) is 47.1 Å². The molecule has 4 aromatic rings. The zero-order chi connectivity index (χ0) is 29.1. The molecule has 0 amide bonds. The Bertz CT molecular complexity index is 1400. The van der Waals surface area contributed by atoms with Crippen LogP contribution >= 0.6 is 0 Å². The first-order valence-electron chi connectivity index (χ1n) is 15.8. The lowest BCUT2D eigenvalue weighted by atomic mass is 10.0. The Morgan fingerprint density at radius 2 is 1.33 bits per heavy atom. The van der Waals surface area contributed by atoms with E-state index in [9.17, 15) is 0 Å². The minimum Gasteiger partial charge on any atom is -0.485 e. The third-order valence-corrected chi connectivity index (χ3v) is 8.38. The molecule has 224 valence electrons. The Labute approximate surface area is 255 Å². The Balaban J connectivity index is 1.05. The quantitative estimate of drug-likeness (QED) is 0.204. The average molecular weight is 578 g/mol. The van der Waals surface area contributed by atoms with Crippen LogP contribution in [0.25, 0.3) is 0 Å². The second-order valence-corrected chi connectivity index (χ2v) is 11.7. The first-order chi connectivity index (χ1) is 21.3. The maximum Gasteiger partial charge on any atom is 0.224 e. The third kappa shape index (κ3) is 8.48. The Hall–Kier alpha value is -4.10. The van der Waals surface area contributed by atoms with Crippen molar-refractivity contribution in [2.75, 3.05) is 36.4 Å². The van der Waals surface area contributed by atoms with Crippen molar-refractivity contribution in [3.63, 3.8) is 0 Å². The van der Waals surface area contributed by atoms with Gasteiger partial charge in [0, 0.05) is 45.0 Å². The van der Waals surface area contributed by atoms with Gasteiger partial charge in [0.15, 0.2) is 11.5 Å². The van der Waals surface area contributed by atoms with Crippen molar-refractivity contribution < 1.29 is 9.47 Å². The van der Waals surface area contributed by atoms with E-state index in [0.29, 0.717) is 19.3 Å². The van der Waals surface area contributed by atoms with Crippen molar-refractivity contribution in [3.8, 4) is 11.5 Å². The fourth-order valence-corrected chi connectivity index (χ4v) is 5.92. The van der Waals surface area contributed by atoms with Gasteiger partial charge in [-0.3, -0.25) is 4.90 Å². The Morgan fingerprint density at radius 3 is 2.00 bits per heavy atom. The van der Waals surface area contributed by atoms with Gasteiger partial charge in [0.25, 0.3) is 0 Å². The Kier molecular flexibility index (Phi) is 10.0. The van der Waals surface area contributed by atoms with Gasteiger partial charge in [-0.2, -0.15) is 4.98 Å². The molecule has 2 aliphatic rings. The summed E-state index contributed by atoms with van der Waals surface area (Å²) in [6.45, 7) is 6.12. The number of anilines is 2. The van der Waals surface area contributed by atoms with E-state index in [1.807, 2.05) is 42.6 Å². The summed E-state index contributed by atoms with van der Waals surface area (Å²) in [5.41, 5.74) is 3.50. The van der Waals surface area contributed by atoms with Gasteiger partial charge in [-0.05, 0) is 60.6 Å². The van der Waals surface area contributed by atoms with Crippen LogP contribution in [-0.2, 0) is 19.8 Å². The Morgan fingerprint density at radius 1 is 0.674 bits per heavy atom. The van der Waals surface area contributed by atoms with E-state index in [0.717, 1.165) is 80.0 Å². The summed E-state index contributed by atoms with van der Waals surface area (Å²) >= 11 is 0. The standard InChI is InChI=1S/C36H43N5O2/c1-2-10-22-41(21-9-1)35-17-20-37-36(39-35)38-32-18-23-40(24-19-32)26-31-15-16-33(42-27-29-11-5-3-6-12-29)34(25-31)43-28-30-13-7-4-8-14-30/h3-8,11-17,20,25,32H,1-2,9-10,18-19,21-24,26-28H2,(H,37,38,39). The molecule has 2 fully saturated rings. The van der Waals surface area contributed by atoms with Crippen LogP contribution in [0.4, 0.5) is 11.8 Å². The zero-order valence-electron chi connectivity index (χ0n) is 25.0. The van der Waals surface area contributed by atoms with Crippen molar-refractivity contribution in [2.24, 2.45) is 0 Å². The normalized spacial score (nSPS) is 16.4. The topological polar surface area (TPSA) is 62.8 Å². The molecule has 43 heavy (non-hydrogen) atoms. The van der Waals surface area contributed by atoms with E-state index in [1.54, 1.807) is 0 Å². The SMILES string of the molecule is c1ccc(COc2ccc(CN3CCC(Nc4nccc(N5CCCCCC5)n4)CC3)cc2OCc2ccccc2)cc1. The van der Waals surface area contributed by atoms with Crippen LogP contribution in [0, 0.1) is 0 Å². The third-order valence-electron chi connectivity index (χ3n) is 8.38. The predicted molar refractivity (Wildman–Crippen MR) is 173 cm³/mol. The molecule has 3 heterocycles. The van der Waals surface area contributed by atoms with Gasteiger partial charge in [0.05, 0.1) is 0 Å². The number of nitrogens with one attached hydrogen (secondary N) is 1. The molecule has 6 rings (SSSR count). The molecule has 7 heteroatoms. The van der Waals surface area contributed by atoms with Gasteiger partial charge in [-0.25, -0.2) is 4.98 Å². The number of aromatic nitrogens is 2. The lowest BCUT2D eigenvalue weighted by Crippen LogP contribution is -2.39. The lowest BCUT2D eigenvalue weighted by molar-refractivity contribution is 0.210. The molecule has 0 radical (unpaired) electrons. The molecule has 2 saturated heterocycles. The highest BCUT2D eigenvalue weighted by Crippen LogP contribution is 2.31. The highest BCUT2D eigenvalue weighted by atomic mass is 16.5. The predicted octanol–water partition coefficient (Wildman–Crippen LogP) is 7.09. The molecule has 0 spiro atoms. The zero-order valence-corrected chi connectivity index (χ0v) is 25.0. The van der Waals surface area contributed by atoms with E-state index in [4.69, 9.17) is 14.5 Å². The molecule has 3 aromatic carbocycles. The van der Waals surface area contributed by atoms with E-state index in [1.165, 1.54) is 31.2 Å². The number of rotatable bonds is 11. The molecule has 2 aliphatic heterocycles. The highest BCUT2D eigenvalue weighted by Gasteiger charge is 2.21. The van der Waals surface area contributed by atoms with Crippen LogP contribution < -0.4 is 19.7 Å². The summed E-state index contributed by atoms with van der Waals surface area (Å²) < 4.78 is 12.5. The van der Waals surface area contributed by atoms with Gasteiger partial charge < -0.3 is 19.7 Å². The minimum absolute atomic E-state index is 0.383. The summed E-state index contributed by atoms with van der Waals surface area (Å²) in [6.07, 6.45) is 9.15. The average Bonchev–Trinajstić information content (AvgIpc) is 3.35. The minimum atomic E-state index is 0.383. The summed E-state index contributed by atoms with van der Waals surface area (Å²) in [4.78, 5) is 14.4. The monoisotopic (exact) mass is 577 g/mol. The first-order valence-corrected chi connectivity index (χ1v) is 15.8. The number of hydrogen-bond acceptors (Lipinski definition) is 7. The molecule has 7 nitrogen and oxygen atoms in total. The van der Waals surface area contributed by atoms with Crippen molar-refractivity contribution in [1.82, 2.24) is 14.9 Å². The van der Waals surface area contributed by atoms with E-state index < -0.39 is 0 Å². The number of hydrogen-bond donors (Lipinski definition) is 1. The van der Waals surface area contributed by atoms with E-state index in [2.05, 4.69) is 68.6 Å². The van der Waals surface area contributed by atoms with Crippen molar-refractivity contribution >= 4 is 11.8 Å². The summed E-state index contributed by atoms with van der Waals surface area (Å²) in [5, 5.41) is 3.62. The molecule has 0 saturated carbocycles. The van der Waals surface area contributed by atoms with Gasteiger partial charge >= 0.3 is 0 Å². The number of piperidine rings is 1. The second kappa shape index (κ2) is 14.9. The number of ether oxygens (including phenoxy) is 2. The molecule has 0 aliphatic carbocycles. The largest absolute Gasteiger partial charge is 0.485 e. The highest BCUT2D eigenvalue weighted by molar-refractivity contribution is 5.44. The number of likely N-dealkylation sites (tertiary alicyclic amines) is 1. The van der Waals surface area contributed by atoms with Gasteiger partial charge in [0.1, 0.15) is 19.0 Å². The second-order valence-electron chi connectivity index (χ2n) is 11.7. The van der Waals surface area contributed by atoms with Crippen LogP contribution in [0.15, 0.2) is 91.1 Å². The molecule has 0 bridgehead atoms. The lowest BCUT2D eigenvalue weighted by Gasteiger charge is -2.32. The maximum absolute atomic E-state index is 6.31. The molecule has 1 N–H and O–H groups in total. The maximum atomic E-state index is 6.31. The summed E-state index contributed by atoms with van der Waals surface area (Å²) in [6, 6.07) is 29.3. The van der Waals surface area contributed by atoms with Crippen LogP contribution in [0.1, 0.15) is 55.2 Å². The summed E-state index contributed by atoms with van der Waals surface area (Å²) in [7, 11) is 0. The molecular formula is C36H43N5O2. The number of benzene rings is 3. The molecule has 0 atom stereocenters. The molecular weight excluding hydrogens is 534 g/mol. The van der Waals surface area contributed by atoms with Crippen LogP contribution in [0.3, 0.4) is 0 Å². The van der Waals surface area contributed by atoms with E-state index in [-0.39, 0.29) is 0 Å². The fourth-order valence-electron chi connectivity index (χ4n) is 5.92.